The largest absolute Gasteiger partial charge is 0.493 e. The lowest BCUT2D eigenvalue weighted by Crippen LogP contribution is -2.33. The molecule has 3 heterocycles. The molecule has 12 heteroatoms. The molecule has 1 saturated heterocycles. The summed E-state index contributed by atoms with van der Waals surface area (Å²) in [5.41, 5.74) is 1.52. The van der Waals surface area contributed by atoms with Crippen LogP contribution in [0.5, 0.6) is 11.5 Å². The number of nitrogens with zero attached hydrogens (tertiary/aromatic N) is 2. The Hall–Kier alpha value is -4.42. The first-order valence-corrected chi connectivity index (χ1v) is 14.6. The summed E-state index contributed by atoms with van der Waals surface area (Å²) in [4.78, 5) is 55.5. The van der Waals surface area contributed by atoms with Gasteiger partial charge in [0.15, 0.2) is 11.5 Å². The fraction of sp³-hybridized carbons (Fsp3) is 0.200. The van der Waals surface area contributed by atoms with Crippen molar-refractivity contribution in [1.29, 1.82) is 0 Å². The Morgan fingerprint density at radius 3 is 2.33 bits per heavy atom. The Kier molecular flexibility index (Phi) is 7.33. The van der Waals surface area contributed by atoms with Gasteiger partial charge < -0.3 is 14.8 Å². The van der Waals surface area contributed by atoms with Gasteiger partial charge in [-0.15, -0.1) is 0 Å². The van der Waals surface area contributed by atoms with Crippen LogP contribution in [-0.2, 0) is 20.9 Å². The van der Waals surface area contributed by atoms with E-state index >= 15 is 0 Å². The van der Waals surface area contributed by atoms with Crippen molar-refractivity contribution in [2.45, 2.75) is 22.7 Å². The standard InChI is InChI=1S/C30H24FN3O6S2/c1-39-20-13-8-16(14-21(20)40-2)23-24-25(28(37)34(27(24)36)19-6-4-3-5-7-19)41-29-26(23)42-30(38)33(29)15-22(35)32-18-11-9-17(31)10-12-18/h3-14,23-25H,15H2,1-2H3,(H,32,35). The lowest BCUT2D eigenvalue weighted by molar-refractivity contribution is -0.122. The van der Waals surface area contributed by atoms with Crippen molar-refractivity contribution in [3.8, 4) is 11.5 Å². The molecule has 1 aromatic heterocycles. The highest BCUT2D eigenvalue weighted by atomic mass is 32.2. The number of ether oxygens (including phenoxy) is 2. The summed E-state index contributed by atoms with van der Waals surface area (Å²) in [6, 6.07) is 19.3. The van der Waals surface area contributed by atoms with E-state index in [1.54, 1.807) is 48.5 Å². The Bertz CT molecular complexity index is 1760. The molecule has 0 aliphatic carbocycles. The summed E-state index contributed by atoms with van der Waals surface area (Å²) in [6.45, 7) is -0.324. The van der Waals surface area contributed by atoms with Crippen LogP contribution in [0.25, 0.3) is 0 Å². The van der Waals surface area contributed by atoms with Gasteiger partial charge in [0.25, 0.3) is 0 Å². The van der Waals surface area contributed by atoms with Crippen molar-refractivity contribution in [1.82, 2.24) is 4.57 Å². The third-order valence-corrected chi connectivity index (χ3v) is 9.86. The van der Waals surface area contributed by atoms with Gasteiger partial charge in [0.05, 0.1) is 30.9 Å². The number of para-hydroxylation sites is 1. The predicted octanol–water partition coefficient (Wildman–Crippen LogP) is 4.50. The first-order chi connectivity index (χ1) is 20.3. The second-order valence-electron chi connectivity index (χ2n) is 9.68. The van der Waals surface area contributed by atoms with Gasteiger partial charge in [-0.2, -0.15) is 0 Å². The minimum absolute atomic E-state index is 0.324. The maximum atomic E-state index is 14.0. The molecule has 0 radical (unpaired) electrons. The molecule has 3 atom stereocenters. The van der Waals surface area contributed by atoms with Crippen LogP contribution < -0.4 is 24.6 Å². The molecule has 3 aromatic carbocycles. The zero-order valence-electron chi connectivity index (χ0n) is 22.4. The highest BCUT2D eigenvalue weighted by Crippen LogP contribution is 2.54. The number of carbonyl (C=O) groups is 3. The van der Waals surface area contributed by atoms with Crippen LogP contribution in [0.1, 0.15) is 16.4 Å². The number of benzene rings is 3. The summed E-state index contributed by atoms with van der Waals surface area (Å²) in [5, 5.41) is 2.30. The van der Waals surface area contributed by atoms with Crippen molar-refractivity contribution in [2.75, 3.05) is 24.4 Å². The average Bonchev–Trinajstić information content (AvgIpc) is 3.44. The third-order valence-electron chi connectivity index (χ3n) is 7.26. The minimum Gasteiger partial charge on any atom is -0.493 e. The summed E-state index contributed by atoms with van der Waals surface area (Å²) in [6.07, 6.45) is 0. The molecule has 214 valence electrons. The van der Waals surface area contributed by atoms with E-state index in [9.17, 15) is 23.6 Å². The molecule has 2 aliphatic heterocycles. The number of rotatable bonds is 7. The van der Waals surface area contributed by atoms with Gasteiger partial charge in [-0.1, -0.05) is 47.4 Å². The molecule has 3 amide bonds. The number of hydrogen-bond acceptors (Lipinski definition) is 8. The van der Waals surface area contributed by atoms with E-state index in [2.05, 4.69) is 5.32 Å². The zero-order valence-corrected chi connectivity index (χ0v) is 24.0. The minimum atomic E-state index is -0.830. The summed E-state index contributed by atoms with van der Waals surface area (Å²) in [5.74, 6) is -2.21. The predicted molar refractivity (Wildman–Crippen MR) is 157 cm³/mol. The molecule has 0 saturated carbocycles. The topological polar surface area (TPSA) is 107 Å². The van der Waals surface area contributed by atoms with Gasteiger partial charge >= 0.3 is 4.87 Å². The lowest BCUT2D eigenvalue weighted by Gasteiger charge is -2.31. The van der Waals surface area contributed by atoms with Crippen LogP contribution in [0.4, 0.5) is 15.8 Å². The number of thiazole rings is 1. The molecular weight excluding hydrogens is 581 g/mol. The van der Waals surface area contributed by atoms with E-state index in [1.807, 2.05) is 0 Å². The second kappa shape index (κ2) is 11.1. The fourth-order valence-corrected chi connectivity index (χ4v) is 8.14. The normalized spacial score (nSPS) is 19.3. The SMILES string of the molecule is COc1ccc(C2c3sc(=O)n(CC(=O)Nc4ccc(F)cc4)c3SC3C(=O)N(c4ccccc4)C(=O)C32)cc1OC. The molecule has 9 nitrogen and oxygen atoms in total. The number of thioether (sulfide) groups is 1. The van der Waals surface area contributed by atoms with Crippen LogP contribution in [-0.4, -0.2) is 41.8 Å². The lowest BCUT2D eigenvalue weighted by atomic mass is 9.83. The van der Waals surface area contributed by atoms with Crippen molar-refractivity contribution in [2.24, 2.45) is 5.92 Å². The number of nitrogens with one attached hydrogen (secondary N) is 1. The molecule has 2 aliphatic rings. The number of methoxy groups -OCH3 is 2. The third kappa shape index (κ3) is 4.76. The number of hydrogen-bond donors (Lipinski definition) is 1. The van der Waals surface area contributed by atoms with Crippen LogP contribution in [0.2, 0.25) is 0 Å². The van der Waals surface area contributed by atoms with Gasteiger partial charge in [0.2, 0.25) is 17.7 Å². The van der Waals surface area contributed by atoms with E-state index in [1.165, 1.54) is 48.0 Å². The Balaban J connectivity index is 1.43. The van der Waals surface area contributed by atoms with Gasteiger partial charge in [0.1, 0.15) is 17.6 Å². The molecule has 0 spiro atoms. The number of anilines is 2. The number of imide groups is 1. The van der Waals surface area contributed by atoms with Gasteiger partial charge in [-0.25, -0.2) is 9.29 Å². The summed E-state index contributed by atoms with van der Waals surface area (Å²) in [7, 11) is 3.02. The molecule has 6 rings (SSSR count). The van der Waals surface area contributed by atoms with Crippen molar-refractivity contribution >= 4 is 52.2 Å². The maximum Gasteiger partial charge on any atom is 0.308 e. The first kappa shape index (κ1) is 27.7. The number of halogens is 1. The highest BCUT2D eigenvalue weighted by molar-refractivity contribution is 8.00. The summed E-state index contributed by atoms with van der Waals surface area (Å²) < 4.78 is 25.6. The molecular formula is C30H24FN3O6S2. The Labute approximate surface area is 247 Å². The molecule has 1 N–H and O–H groups in total. The Morgan fingerprint density at radius 2 is 1.64 bits per heavy atom. The number of carbonyl (C=O) groups excluding carboxylic acids is 3. The van der Waals surface area contributed by atoms with Crippen LogP contribution in [0.3, 0.4) is 0 Å². The van der Waals surface area contributed by atoms with Gasteiger partial charge in [-0.3, -0.25) is 23.7 Å². The fourth-order valence-electron chi connectivity index (χ4n) is 5.37. The highest BCUT2D eigenvalue weighted by Gasteiger charge is 2.57. The van der Waals surface area contributed by atoms with E-state index in [0.717, 1.165) is 23.1 Å². The van der Waals surface area contributed by atoms with E-state index in [-0.39, 0.29) is 12.5 Å². The van der Waals surface area contributed by atoms with Gasteiger partial charge in [-0.05, 0) is 54.1 Å². The zero-order chi connectivity index (χ0) is 29.5. The van der Waals surface area contributed by atoms with Gasteiger partial charge in [0, 0.05) is 16.5 Å². The van der Waals surface area contributed by atoms with Crippen molar-refractivity contribution in [3.63, 3.8) is 0 Å². The molecule has 4 aromatic rings. The molecule has 3 unspecified atom stereocenters. The van der Waals surface area contributed by atoms with Crippen molar-refractivity contribution < 1.29 is 28.2 Å². The molecule has 42 heavy (non-hydrogen) atoms. The second-order valence-corrected chi connectivity index (χ2v) is 11.8. The molecule has 1 fully saturated rings. The number of aromatic nitrogens is 1. The molecule has 0 bridgehead atoms. The monoisotopic (exact) mass is 605 g/mol. The maximum absolute atomic E-state index is 14.0. The quantitative estimate of drug-likeness (QED) is 0.309. The van der Waals surface area contributed by atoms with E-state index in [0.29, 0.717) is 38.3 Å². The Morgan fingerprint density at radius 1 is 0.929 bits per heavy atom. The number of fused-ring (bicyclic) bond motifs is 2. The van der Waals surface area contributed by atoms with Crippen LogP contribution in [0.15, 0.2) is 82.6 Å². The van der Waals surface area contributed by atoms with Crippen molar-refractivity contribution in [3.05, 3.63) is 98.7 Å². The van der Waals surface area contributed by atoms with Crippen LogP contribution >= 0.6 is 23.1 Å². The van der Waals surface area contributed by atoms with E-state index in [4.69, 9.17) is 9.47 Å². The smallest absolute Gasteiger partial charge is 0.308 e. The average molecular weight is 606 g/mol. The first-order valence-electron chi connectivity index (χ1n) is 12.9. The summed E-state index contributed by atoms with van der Waals surface area (Å²) >= 11 is 2.07. The van der Waals surface area contributed by atoms with E-state index < -0.39 is 39.6 Å². The number of amides is 3. The van der Waals surface area contributed by atoms with Crippen LogP contribution in [0, 0.1) is 11.7 Å².